The van der Waals surface area contributed by atoms with Crippen molar-refractivity contribution >= 4 is 89.9 Å². The van der Waals surface area contributed by atoms with Crippen molar-refractivity contribution in [2.45, 2.75) is 25.7 Å². The number of amides is 4. The van der Waals surface area contributed by atoms with Gasteiger partial charge in [-0.1, -0.05) is 231 Å². The molecule has 0 fully saturated rings. The van der Waals surface area contributed by atoms with E-state index in [1.807, 2.05) is 273 Å². The highest BCUT2D eigenvalue weighted by molar-refractivity contribution is 6.11. The van der Waals surface area contributed by atoms with E-state index in [0.29, 0.717) is 79.6 Å². The Balaban J connectivity index is 0.000000144. The molecular formula is C106H88N4O16. The van der Waals surface area contributed by atoms with E-state index >= 15 is 0 Å². The van der Waals surface area contributed by atoms with Gasteiger partial charge in [-0.25, -0.2) is 0 Å². The number of aromatic hydroxyl groups is 2. The van der Waals surface area contributed by atoms with Crippen molar-refractivity contribution in [1.82, 2.24) is 21.3 Å². The molecule has 16 aromatic rings. The maximum atomic E-state index is 12.7. The molecule has 126 heavy (non-hydrogen) atoms. The first-order valence-corrected chi connectivity index (χ1v) is 40.5. The largest absolute Gasteiger partial charge is 0.508 e. The Bertz CT molecular complexity index is 6550. The van der Waals surface area contributed by atoms with Crippen LogP contribution in [0.3, 0.4) is 0 Å². The number of fused-ring (bicyclic) bond motifs is 4. The number of ketones is 4. The molecule has 16 aromatic carbocycles. The number of carbonyl (C=O) groups excluding carboxylic acids is 8. The fourth-order valence-corrected chi connectivity index (χ4v) is 13.8. The molecule has 0 aliphatic heterocycles. The zero-order valence-electron chi connectivity index (χ0n) is 68.9. The van der Waals surface area contributed by atoms with E-state index in [1.54, 1.807) is 87.0 Å². The Labute approximate surface area is 727 Å². The average Bonchev–Trinajstić information content (AvgIpc) is 0.824. The topological polar surface area (TPSA) is 281 Å². The zero-order chi connectivity index (χ0) is 87.9. The van der Waals surface area contributed by atoms with Crippen LogP contribution in [0.25, 0.3) is 43.1 Å². The molecule has 20 nitrogen and oxygen atoms in total. The molecule has 0 atom stereocenters. The second-order valence-corrected chi connectivity index (χ2v) is 28.9. The van der Waals surface area contributed by atoms with Crippen molar-refractivity contribution < 1.29 is 77.0 Å². The summed E-state index contributed by atoms with van der Waals surface area (Å²) in [6, 6.07) is 109. The fraction of sp³-hybridized carbons (Fsp3) is 0.0943. The monoisotopic (exact) mass is 1670 g/mol. The van der Waals surface area contributed by atoms with E-state index in [0.717, 1.165) is 65.5 Å². The van der Waals surface area contributed by atoms with Crippen LogP contribution in [0.5, 0.6) is 69.0 Å². The number of phenols is 2. The van der Waals surface area contributed by atoms with E-state index in [1.165, 1.54) is 18.2 Å². The first-order valence-electron chi connectivity index (χ1n) is 40.5. The molecule has 0 aliphatic rings. The molecule has 0 aromatic heterocycles. The van der Waals surface area contributed by atoms with Gasteiger partial charge in [0.25, 0.3) is 23.6 Å². The van der Waals surface area contributed by atoms with Gasteiger partial charge in [0.15, 0.2) is 23.1 Å². The van der Waals surface area contributed by atoms with Crippen LogP contribution in [-0.4, -0.2) is 97.4 Å². The van der Waals surface area contributed by atoms with E-state index in [2.05, 4.69) is 21.3 Å². The van der Waals surface area contributed by atoms with Gasteiger partial charge in [-0.3, -0.25) is 38.4 Å². The molecule has 0 radical (unpaired) electrons. The summed E-state index contributed by atoms with van der Waals surface area (Å²) in [7, 11) is 3.20. The molecule has 4 amide bonds. The third-order valence-corrected chi connectivity index (χ3v) is 20.0. The van der Waals surface area contributed by atoms with Crippen LogP contribution in [0.4, 0.5) is 0 Å². The second kappa shape index (κ2) is 43.7. The highest BCUT2D eigenvalue weighted by atomic mass is 16.5. The normalized spacial score (nSPS) is 10.6. The highest BCUT2D eigenvalue weighted by Crippen LogP contribution is 2.34. The number of nitrogens with one attached hydrogen (secondary N) is 4. The van der Waals surface area contributed by atoms with Gasteiger partial charge < -0.3 is 59.9 Å². The molecule has 628 valence electrons. The van der Waals surface area contributed by atoms with Crippen LogP contribution >= 0.6 is 0 Å². The number of methoxy groups -OCH3 is 2. The molecule has 0 spiro atoms. The minimum absolute atomic E-state index is 0.0566. The summed E-state index contributed by atoms with van der Waals surface area (Å²) < 4.78 is 34.0. The van der Waals surface area contributed by atoms with E-state index in [-0.39, 0.29) is 110 Å². The Morgan fingerprint density at radius 2 is 0.476 bits per heavy atom. The van der Waals surface area contributed by atoms with E-state index in [9.17, 15) is 48.6 Å². The predicted molar refractivity (Wildman–Crippen MR) is 488 cm³/mol. The van der Waals surface area contributed by atoms with Crippen LogP contribution in [0.1, 0.15) is 63.7 Å². The van der Waals surface area contributed by atoms with Gasteiger partial charge in [0, 0.05) is 82.3 Å². The van der Waals surface area contributed by atoms with Gasteiger partial charge in [-0.15, -0.1) is 0 Å². The number of ether oxygens (including phenoxy) is 6. The van der Waals surface area contributed by atoms with Gasteiger partial charge in [0.2, 0.25) is 0 Å². The highest BCUT2D eigenvalue weighted by Gasteiger charge is 2.20. The van der Waals surface area contributed by atoms with Crippen LogP contribution in [0.2, 0.25) is 0 Å². The van der Waals surface area contributed by atoms with Crippen LogP contribution in [0.15, 0.2) is 364 Å². The third kappa shape index (κ3) is 24.4. The lowest BCUT2D eigenvalue weighted by molar-refractivity contribution is -0.118. The minimum atomic E-state index is -0.283. The van der Waals surface area contributed by atoms with Crippen molar-refractivity contribution in [2.24, 2.45) is 0 Å². The lowest BCUT2D eigenvalue weighted by Gasteiger charge is -2.12. The standard InChI is InChI=1S/2C27H23NO4.2C26H21NO4/c1-31-22-11-7-12-23(17-22)32-26-15-5-3-9-20(26)16-21(29)18-28-27(30)25-14-6-10-19-8-2-4-13-24(19)25;1-31-22-13-15-23(16-14-22)32-26-12-5-3-8-20(26)17-21(29)18-28-27(30)25-11-6-9-19-7-2-4-10-24(19)25;28-20-10-6-11-22(16-20)31-25-14-4-2-8-19(25)15-21(29)17-27-26(30)24-13-5-9-18-7-1-3-12-23(18)24;28-20-12-14-22(15-13-20)31-25-11-4-2-7-19(25)16-21(29)17-27-26(30)24-10-5-8-18-6-1-3-9-23(18)24/h2-15,17H,16,18H2,1H3,(H,28,30);2-16H,17-18H2,1H3,(H,28,30);1-14,16,28H,15,17H2,(H,27,30);1-15,28H,16-17H2,(H,27,30). The summed E-state index contributed by atoms with van der Waals surface area (Å²) in [6.07, 6.45) is 0.549. The summed E-state index contributed by atoms with van der Waals surface area (Å²) in [6.45, 7) is -0.271. The predicted octanol–water partition coefficient (Wildman–Crippen LogP) is 20.1. The molecule has 0 aliphatic carbocycles. The lowest BCUT2D eigenvalue weighted by Crippen LogP contribution is -2.30. The van der Waals surface area contributed by atoms with Crippen LogP contribution in [-0.2, 0) is 44.9 Å². The number of hydrogen-bond acceptors (Lipinski definition) is 16. The Morgan fingerprint density at radius 1 is 0.230 bits per heavy atom. The number of benzene rings is 16. The van der Waals surface area contributed by atoms with Gasteiger partial charge in [-0.05, 0) is 164 Å². The number of carbonyl (C=O) groups is 8. The van der Waals surface area contributed by atoms with Crippen LogP contribution < -0.4 is 49.7 Å². The molecule has 20 heteroatoms. The quantitative estimate of drug-likeness (QED) is 0.0244. The number of para-hydroxylation sites is 4. The molecule has 6 N–H and O–H groups in total. The van der Waals surface area contributed by atoms with Gasteiger partial charge in [0.05, 0.1) is 40.4 Å². The molecule has 0 heterocycles. The van der Waals surface area contributed by atoms with Crippen molar-refractivity contribution in [3.8, 4) is 69.0 Å². The van der Waals surface area contributed by atoms with Gasteiger partial charge in [-0.2, -0.15) is 0 Å². The smallest absolute Gasteiger partial charge is 0.252 e. The number of rotatable bonds is 30. The van der Waals surface area contributed by atoms with Crippen LogP contribution in [0, 0.1) is 0 Å². The minimum Gasteiger partial charge on any atom is -0.508 e. The summed E-state index contributed by atoms with van der Waals surface area (Å²) in [5, 5.41) is 37.3. The van der Waals surface area contributed by atoms with Crippen molar-refractivity contribution in [2.75, 3.05) is 40.4 Å². The second-order valence-electron chi connectivity index (χ2n) is 28.9. The molecule has 0 saturated heterocycles. The molecule has 0 bridgehead atoms. The number of phenolic OH excluding ortho intramolecular Hbond substituents is 2. The maximum Gasteiger partial charge on any atom is 0.252 e. The van der Waals surface area contributed by atoms with E-state index in [4.69, 9.17) is 28.4 Å². The van der Waals surface area contributed by atoms with Crippen molar-refractivity contribution in [3.63, 3.8) is 0 Å². The first-order chi connectivity index (χ1) is 61.5. The summed E-state index contributed by atoms with van der Waals surface area (Å²) in [5.74, 6) is 4.68. The Kier molecular flexibility index (Phi) is 30.3. The Morgan fingerprint density at radius 3 is 0.794 bits per heavy atom. The molecule has 16 rings (SSSR count). The summed E-state index contributed by atoms with van der Waals surface area (Å²) in [5.41, 5.74) is 5.12. The number of hydrogen-bond donors (Lipinski definition) is 6. The zero-order valence-corrected chi connectivity index (χ0v) is 68.9. The van der Waals surface area contributed by atoms with Gasteiger partial charge in [0.1, 0.15) is 69.0 Å². The third-order valence-electron chi connectivity index (χ3n) is 20.0. The SMILES string of the molecule is COc1ccc(Oc2ccccc2CC(=O)CNC(=O)c2cccc3ccccc23)cc1.COc1cccc(Oc2ccccc2CC(=O)CNC(=O)c2cccc3ccccc23)c1.O=C(CNC(=O)c1cccc2ccccc12)Cc1ccccc1Oc1ccc(O)cc1.O=C(CNC(=O)c1cccc2ccccc12)Cc1ccccc1Oc1cccc(O)c1. The Hall–Kier alpha value is -16.5. The molecule has 0 unspecified atom stereocenters. The van der Waals surface area contributed by atoms with Crippen molar-refractivity contribution in [1.29, 1.82) is 0 Å². The number of Topliss-reactive ketones (excluding diaryl/α,β-unsaturated/α-hetero) is 4. The average molecular weight is 1670 g/mol. The maximum absolute atomic E-state index is 12.7. The van der Waals surface area contributed by atoms with E-state index < -0.39 is 0 Å². The molecular weight excluding hydrogens is 1590 g/mol. The first kappa shape index (κ1) is 87.3. The van der Waals surface area contributed by atoms with Crippen molar-refractivity contribution in [3.05, 3.63) is 408 Å². The summed E-state index contributed by atoms with van der Waals surface area (Å²) >= 11 is 0. The summed E-state index contributed by atoms with van der Waals surface area (Å²) in [4.78, 5) is 101. The molecule has 0 saturated carbocycles. The fourth-order valence-electron chi connectivity index (χ4n) is 13.8. The lowest BCUT2D eigenvalue weighted by atomic mass is 10.0. The van der Waals surface area contributed by atoms with Gasteiger partial charge >= 0.3 is 0 Å².